The van der Waals surface area contributed by atoms with E-state index in [1.165, 1.54) is 8.61 Å². The Morgan fingerprint density at radius 1 is 1.19 bits per heavy atom. The van der Waals surface area contributed by atoms with Crippen LogP contribution in [-0.4, -0.2) is 82.3 Å². The van der Waals surface area contributed by atoms with Crippen LogP contribution in [0.1, 0.15) is 0 Å². The highest BCUT2D eigenvalue weighted by Crippen LogP contribution is 2.01. The summed E-state index contributed by atoms with van der Waals surface area (Å²) in [4.78, 5) is 2.28. The summed E-state index contributed by atoms with van der Waals surface area (Å²) in [6.45, 7) is 5.31. The van der Waals surface area contributed by atoms with Gasteiger partial charge in [-0.2, -0.15) is 17.0 Å². The van der Waals surface area contributed by atoms with Gasteiger partial charge in [0.25, 0.3) is 10.2 Å². The molecule has 6 nitrogen and oxygen atoms in total. The highest BCUT2D eigenvalue weighted by atomic mass is 32.2. The first-order valence-electron chi connectivity index (χ1n) is 5.51. The van der Waals surface area contributed by atoms with Crippen LogP contribution in [0, 0.1) is 0 Å². The van der Waals surface area contributed by atoms with Crippen LogP contribution in [0.3, 0.4) is 0 Å². The van der Waals surface area contributed by atoms with Gasteiger partial charge < -0.3 is 5.32 Å². The molecule has 1 fully saturated rings. The minimum atomic E-state index is -3.25. The molecule has 0 radical (unpaired) electrons. The van der Waals surface area contributed by atoms with Crippen molar-refractivity contribution in [3.05, 3.63) is 0 Å². The minimum Gasteiger partial charge on any atom is -0.314 e. The van der Waals surface area contributed by atoms with Crippen LogP contribution < -0.4 is 5.32 Å². The van der Waals surface area contributed by atoms with Crippen molar-refractivity contribution in [2.45, 2.75) is 0 Å². The number of nitrogens with zero attached hydrogens (tertiary/aromatic N) is 3. The first kappa shape index (κ1) is 13.9. The van der Waals surface area contributed by atoms with Crippen LogP contribution in [0.25, 0.3) is 0 Å². The molecule has 1 rings (SSSR count). The van der Waals surface area contributed by atoms with E-state index in [1.807, 2.05) is 0 Å². The average Bonchev–Trinajstić information content (AvgIpc) is 2.27. The number of rotatable bonds is 5. The van der Waals surface area contributed by atoms with Crippen LogP contribution in [0.2, 0.25) is 0 Å². The monoisotopic (exact) mass is 250 g/mol. The molecule has 0 unspecified atom stereocenters. The summed E-state index contributed by atoms with van der Waals surface area (Å²) in [5, 5.41) is 3.27. The van der Waals surface area contributed by atoms with Crippen LogP contribution in [0.5, 0.6) is 0 Å². The Balaban J connectivity index is 2.37. The lowest BCUT2D eigenvalue weighted by molar-refractivity contribution is 0.227. The molecule has 1 heterocycles. The Labute approximate surface area is 98.4 Å². The zero-order valence-electron chi connectivity index (χ0n) is 10.3. The second-order valence-electron chi connectivity index (χ2n) is 4.20. The van der Waals surface area contributed by atoms with Crippen LogP contribution in [0.15, 0.2) is 0 Å². The molecule has 0 aromatic carbocycles. The van der Waals surface area contributed by atoms with Gasteiger partial charge in [-0.3, -0.25) is 4.90 Å². The molecule has 1 aliphatic heterocycles. The van der Waals surface area contributed by atoms with Crippen LogP contribution in [-0.2, 0) is 10.2 Å². The molecule has 1 saturated heterocycles. The Morgan fingerprint density at radius 2 is 1.75 bits per heavy atom. The summed E-state index contributed by atoms with van der Waals surface area (Å²) in [6, 6.07) is 0. The first-order chi connectivity index (χ1) is 7.44. The topological polar surface area (TPSA) is 55.9 Å². The largest absolute Gasteiger partial charge is 0.314 e. The highest BCUT2D eigenvalue weighted by Gasteiger charge is 2.21. The van der Waals surface area contributed by atoms with Gasteiger partial charge in [0.15, 0.2) is 0 Å². The van der Waals surface area contributed by atoms with Gasteiger partial charge in [-0.25, -0.2) is 0 Å². The molecule has 0 saturated carbocycles. The fourth-order valence-electron chi connectivity index (χ4n) is 1.61. The smallest absolute Gasteiger partial charge is 0.281 e. The van der Waals surface area contributed by atoms with E-state index in [1.54, 1.807) is 21.1 Å². The number of likely N-dealkylation sites (N-methyl/N-ethyl adjacent to an activating group) is 1. The standard InChI is InChI=1S/C9H22N4O2S/c1-11(2)16(14,15)12(3)8-9-13-6-4-10-5-7-13/h10H,4-9H2,1-3H3. The SMILES string of the molecule is CN(C)S(=O)(=O)N(C)CCN1CCNCC1. The third kappa shape index (κ3) is 3.67. The van der Waals surface area contributed by atoms with Crippen LogP contribution in [0.4, 0.5) is 0 Å². The molecule has 96 valence electrons. The van der Waals surface area contributed by atoms with Crippen molar-refractivity contribution in [2.75, 3.05) is 60.4 Å². The predicted octanol–water partition coefficient (Wildman–Crippen LogP) is -1.37. The van der Waals surface area contributed by atoms with Gasteiger partial charge in [0.1, 0.15) is 0 Å². The van der Waals surface area contributed by atoms with Crippen molar-refractivity contribution < 1.29 is 8.42 Å². The summed E-state index contributed by atoms with van der Waals surface area (Å²) in [7, 11) is 1.47. The normalized spacial score (nSPS) is 19.6. The lowest BCUT2D eigenvalue weighted by Gasteiger charge is -2.29. The summed E-state index contributed by atoms with van der Waals surface area (Å²) in [6.07, 6.45) is 0. The molecular weight excluding hydrogens is 228 g/mol. The van der Waals surface area contributed by atoms with Crippen molar-refractivity contribution in [1.29, 1.82) is 0 Å². The molecular formula is C9H22N4O2S. The van der Waals surface area contributed by atoms with Crippen molar-refractivity contribution in [1.82, 2.24) is 18.8 Å². The second-order valence-corrected chi connectivity index (χ2v) is 6.45. The molecule has 1 N–H and O–H groups in total. The molecule has 0 atom stereocenters. The molecule has 0 aromatic heterocycles. The number of hydrogen-bond acceptors (Lipinski definition) is 4. The number of hydrogen-bond donors (Lipinski definition) is 1. The van der Waals surface area contributed by atoms with Crippen LogP contribution >= 0.6 is 0 Å². The maximum absolute atomic E-state index is 11.7. The maximum atomic E-state index is 11.7. The average molecular weight is 250 g/mol. The molecule has 0 aliphatic carbocycles. The van der Waals surface area contributed by atoms with Gasteiger partial charge in [-0.15, -0.1) is 0 Å². The summed E-state index contributed by atoms with van der Waals surface area (Å²) >= 11 is 0. The van der Waals surface area contributed by atoms with E-state index < -0.39 is 10.2 Å². The molecule has 7 heteroatoms. The van der Waals surface area contributed by atoms with E-state index in [-0.39, 0.29) is 0 Å². The Morgan fingerprint density at radius 3 is 2.25 bits per heavy atom. The number of nitrogens with one attached hydrogen (secondary N) is 1. The zero-order valence-corrected chi connectivity index (χ0v) is 11.1. The molecule has 0 aromatic rings. The molecule has 16 heavy (non-hydrogen) atoms. The van der Waals surface area contributed by atoms with Gasteiger partial charge in [-0.1, -0.05) is 0 Å². The van der Waals surface area contributed by atoms with Gasteiger partial charge in [0.05, 0.1) is 0 Å². The van der Waals surface area contributed by atoms with Gasteiger partial charge in [0, 0.05) is 60.4 Å². The Kier molecular flexibility index (Phi) is 5.13. The predicted molar refractivity (Wildman–Crippen MR) is 64.5 cm³/mol. The zero-order chi connectivity index (χ0) is 12.2. The van der Waals surface area contributed by atoms with E-state index in [0.717, 1.165) is 32.7 Å². The first-order valence-corrected chi connectivity index (χ1v) is 6.91. The fourth-order valence-corrected chi connectivity index (χ4v) is 2.48. The fraction of sp³-hybridized carbons (Fsp3) is 1.00. The van der Waals surface area contributed by atoms with E-state index in [2.05, 4.69) is 10.2 Å². The lowest BCUT2D eigenvalue weighted by atomic mass is 10.3. The summed E-state index contributed by atoms with van der Waals surface area (Å²) in [5.74, 6) is 0. The lowest BCUT2D eigenvalue weighted by Crippen LogP contribution is -2.47. The van der Waals surface area contributed by atoms with E-state index in [4.69, 9.17) is 0 Å². The second kappa shape index (κ2) is 5.92. The van der Waals surface area contributed by atoms with E-state index in [0.29, 0.717) is 6.54 Å². The third-order valence-corrected chi connectivity index (χ3v) is 4.69. The molecule has 0 amide bonds. The van der Waals surface area contributed by atoms with Crippen molar-refractivity contribution in [3.63, 3.8) is 0 Å². The van der Waals surface area contributed by atoms with Gasteiger partial charge in [0.2, 0.25) is 0 Å². The molecule has 0 bridgehead atoms. The van der Waals surface area contributed by atoms with E-state index in [9.17, 15) is 8.42 Å². The molecule has 0 spiro atoms. The summed E-state index contributed by atoms with van der Waals surface area (Å²) < 4.78 is 26.1. The Bertz CT molecular complexity index is 299. The molecule has 1 aliphatic rings. The quantitative estimate of drug-likeness (QED) is 0.654. The van der Waals surface area contributed by atoms with Gasteiger partial charge >= 0.3 is 0 Å². The maximum Gasteiger partial charge on any atom is 0.281 e. The van der Waals surface area contributed by atoms with Crippen molar-refractivity contribution in [2.24, 2.45) is 0 Å². The van der Waals surface area contributed by atoms with Crippen molar-refractivity contribution in [3.8, 4) is 0 Å². The van der Waals surface area contributed by atoms with Gasteiger partial charge in [-0.05, 0) is 0 Å². The van der Waals surface area contributed by atoms with Crippen molar-refractivity contribution >= 4 is 10.2 Å². The third-order valence-electron chi connectivity index (χ3n) is 2.80. The highest BCUT2D eigenvalue weighted by molar-refractivity contribution is 7.86. The minimum absolute atomic E-state index is 0.542. The Hall–Kier alpha value is -0.210. The van der Waals surface area contributed by atoms with E-state index >= 15 is 0 Å². The number of piperazine rings is 1. The summed E-state index contributed by atoms with van der Waals surface area (Å²) in [5.41, 5.74) is 0.